The number of hydrogen-bond donors (Lipinski definition) is 1. The molecule has 0 bridgehead atoms. The standard InChI is InChI=1S/C11H23N3/c1-9-6-14(8-11(9)12)10-4-3-5-13(2)7-10/h9-11H,3-8,12H2,1-2H3. The van der Waals surface area contributed by atoms with Crippen LogP contribution in [0.5, 0.6) is 0 Å². The van der Waals surface area contributed by atoms with Crippen LogP contribution in [0.25, 0.3) is 0 Å². The largest absolute Gasteiger partial charge is 0.326 e. The third-order valence-electron chi connectivity index (χ3n) is 3.81. The molecule has 14 heavy (non-hydrogen) atoms. The molecule has 0 amide bonds. The minimum atomic E-state index is 0.405. The van der Waals surface area contributed by atoms with Crippen LogP contribution in [0.2, 0.25) is 0 Å². The summed E-state index contributed by atoms with van der Waals surface area (Å²) in [6.07, 6.45) is 2.71. The maximum Gasteiger partial charge on any atom is 0.0224 e. The average molecular weight is 197 g/mol. The Morgan fingerprint density at radius 2 is 2.00 bits per heavy atom. The van der Waals surface area contributed by atoms with E-state index in [9.17, 15) is 0 Å². The van der Waals surface area contributed by atoms with Crippen LogP contribution in [0.1, 0.15) is 19.8 Å². The fraction of sp³-hybridized carbons (Fsp3) is 1.00. The Morgan fingerprint density at radius 1 is 1.21 bits per heavy atom. The number of hydrogen-bond acceptors (Lipinski definition) is 3. The smallest absolute Gasteiger partial charge is 0.0224 e. The molecule has 2 heterocycles. The summed E-state index contributed by atoms with van der Waals surface area (Å²) in [6, 6.07) is 1.17. The molecule has 0 aromatic heterocycles. The van der Waals surface area contributed by atoms with E-state index in [-0.39, 0.29) is 0 Å². The van der Waals surface area contributed by atoms with Crippen molar-refractivity contribution in [3.63, 3.8) is 0 Å². The van der Waals surface area contributed by atoms with Crippen molar-refractivity contribution in [1.82, 2.24) is 9.80 Å². The lowest BCUT2D eigenvalue weighted by Gasteiger charge is -2.35. The van der Waals surface area contributed by atoms with Crippen LogP contribution in [0.15, 0.2) is 0 Å². The van der Waals surface area contributed by atoms with E-state index >= 15 is 0 Å². The van der Waals surface area contributed by atoms with E-state index in [0.717, 1.165) is 12.6 Å². The number of nitrogens with two attached hydrogens (primary N) is 1. The number of likely N-dealkylation sites (N-methyl/N-ethyl adjacent to an activating group) is 1. The Kier molecular flexibility index (Phi) is 3.10. The molecule has 2 saturated heterocycles. The lowest BCUT2D eigenvalue weighted by molar-refractivity contribution is 0.130. The van der Waals surface area contributed by atoms with Gasteiger partial charge in [0.15, 0.2) is 0 Å². The van der Waals surface area contributed by atoms with Crippen molar-refractivity contribution in [3.8, 4) is 0 Å². The van der Waals surface area contributed by atoms with Gasteiger partial charge >= 0.3 is 0 Å². The zero-order valence-corrected chi connectivity index (χ0v) is 9.45. The third-order valence-corrected chi connectivity index (χ3v) is 3.81. The van der Waals surface area contributed by atoms with Gasteiger partial charge in [0, 0.05) is 31.7 Å². The van der Waals surface area contributed by atoms with Gasteiger partial charge in [-0.25, -0.2) is 0 Å². The molecule has 3 unspecified atom stereocenters. The fourth-order valence-corrected chi connectivity index (χ4v) is 2.77. The van der Waals surface area contributed by atoms with Crippen LogP contribution in [-0.2, 0) is 0 Å². The van der Waals surface area contributed by atoms with E-state index in [1.54, 1.807) is 0 Å². The highest BCUT2D eigenvalue weighted by molar-refractivity contribution is 4.90. The summed E-state index contributed by atoms with van der Waals surface area (Å²) in [5.41, 5.74) is 6.05. The van der Waals surface area contributed by atoms with Crippen molar-refractivity contribution in [2.75, 3.05) is 33.2 Å². The third kappa shape index (κ3) is 2.10. The highest BCUT2D eigenvalue weighted by atomic mass is 15.2. The summed E-state index contributed by atoms with van der Waals surface area (Å²) < 4.78 is 0. The summed E-state index contributed by atoms with van der Waals surface area (Å²) in [4.78, 5) is 5.05. The van der Waals surface area contributed by atoms with Crippen molar-refractivity contribution < 1.29 is 0 Å². The quantitative estimate of drug-likeness (QED) is 0.659. The van der Waals surface area contributed by atoms with Crippen molar-refractivity contribution in [1.29, 1.82) is 0 Å². The first-order valence-corrected chi connectivity index (χ1v) is 5.85. The highest BCUT2D eigenvalue weighted by Crippen LogP contribution is 2.22. The normalized spacial score (nSPS) is 41.8. The zero-order chi connectivity index (χ0) is 10.1. The van der Waals surface area contributed by atoms with E-state index in [0.29, 0.717) is 12.0 Å². The highest BCUT2D eigenvalue weighted by Gasteiger charge is 2.32. The number of rotatable bonds is 1. The maximum atomic E-state index is 6.05. The molecule has 0 radical (unpaired) electrons. The molecule has 0 aromatic rings. The van der Waals surface area contributed by atoms with Gasteiger partial charge < -0.3 is 10.6 Å². The first-order chi connectivity index (χ1) is 6.66. The molecule has 0 aromatic carbocycles. The Morgan fingerprint density at radius 3 is 2.57 bits per heavy atom. The summed E-state index contributed by atoms with van der Waals surface area (Å²) in [6.45, 7) is 7.10. The first-order valence-electron chi connectivity index (χ1n) is 5.85. The van der Waals surface area contributed by atoms with E-state index in [1.807, 2.05) is 0 Å². The summed E-state index contributed by atoms with van der Waals surface area (Å²) in [5, 5.41) is 0. The van der Waals surface area contributed by atoms with Crippen molar-refractivity contribution in [2.45, 2.75) is 31.8 Å². The van der Waals surface area contributed by atoms with E-state index in [2.05, 4.69) is 23.8 Å². The molecular formula is C11H23N3. The molecule has 2 aliphatic rings. The van der Waals surface area contributed by atoms with Gasteiger partial charge in [0.1, 0.15) is 0 Å². The van der Waals surface area contributed by atoms with Crippen molar-refractivity contribution in [2.24, 2.45) is 11.7 Å². The monoisotopic (exact) mass is 197 g/mol. The van der Waals surface area contributed by atoms with Crippen molar-refractivity contribution >= 4 is 0 Å². The van der Waals surface area contributed by atoms with Crippen LogP contribution in [0.4, 0.5) is 0 Å². The van der Waals surface area contributed by atoms with Crippen LogP contribution in [-0.4, -0.2) is 55.1 Å². The van der Waals surface area contributed by atoms with Gasteiger partial charge in [-0.2, -0.15) is 0 Å². The molecule has 3 atom stereocenters. The van der Waals surface area contributed by atoms with E-state index < -0.39 is 0 Å². The van der Waals surface area contributed by atoms with Gasteiger partial charge in [-0.05, 0) is 32.4 Å². The molecule has 0 spiro atoms. The Hall–Kier alpha value is -0.120. The summed E-state index contributed by atoms with van der Waals surface area (Å²) in [7, 11) is 2.23. The number of nitrogens with zero attached hydrogens (tertiary/aromatic N) is 2. The molecule has 0 saturated carbocycles. The topological polar surface area (TPSA) is 32.5 Å². The average Bonchev–Trinajstić information content (AvgIpc) is 2.47. The Labute approximate surface area is 87.2 Å². The number of likely N-dealkylation sites (tertiary alicyclic amines) is 2. The van der Waals surface area contributed by atoms with Gasteiger partial charge in [0.05, 0.1) is 0 Å². The SMILES string of the molecule is CC1CN(C2CCCN(C)C2)CC1N. The second-order valence-electron chi connectivity index (χ2n) is 5.15. The lowest BCUT2D eigenvalue weighted by atomic mass is 10.1. The molecule has 82 valence electrons. The van der Waals surface area contributed by atoms with E-state index in [1.165, 1.54) is 32.5 Å². The molecule has 2 aliphatic heterocycles. The van der Waals surface area contributed by atoms with Gasteiger partial charge in [0.2, 0.25) is 0 Å². The molecule has 3 heteroatoms. The minimum absolute atomic E-state index is 0.405. The Bertz CT molecular complexity index is 182. The predicted octanol–water partition coefficient (Wildman–Crippen LogP) is 0.360. The van der Waals surface area contributed by atoms with Crippen molar-refractivity contribution in [3.05, 3.63) is 0 Å². The lowest BCUT2D eigenvalue weighted by Crippen LogP contribution is -2.46. The molecule has 0 aliphatic carbocycles. The predicted molar refractivity (Wildman–Crippen MR) is 59.2 cm³/mol. The molecule has 3 nitrogen and oxygen atoms in total. The van der Waals surface area contributed by atoms with Crippen LogP contribution >= 0.6 is 0 Å². The summed E-state index contributed by atoms with van der Waals surface area (Å²) in [5.74, 6) is 0.683. The second kappa shape index (κ2) is 4.17. The second-order valence-corrected chi connectivity index (χ2v) is 5.15. The first kappa shape index (κ1) is 10.4. The van der Waals surface area contributed by atoms with Crippen LogP contribution < -0.4 is 5.73 Å². The van der Waals surface area contributed by atoms with Gasteiger partial charge in [-0.15, -0.1) is 0 Å². The molecule has 2 N–H and O–H groups in total. The Balaban J connectivity index is 1.89. The number of piperidine rings is 1. The molecular weight excluding hydrogens is 174 g/mol. The van der Waals surface area contributed by atoms with Crippen LogP contribution in [0.3, 0.4) is 0 Å². The van der Waals surface area contributed by atoms with E-state index in [4.69, 9.17) is 5.73 Å². The van der Waals surface area contributed by atoms with Gasteiger partial charge in [0.25, 0.3) is 0 Å². The zero-order valence-electron chi connectivity index (χ0n) is 9.45. The van der Waals surface area contributed by atoms with Crippen LogP contribution in [0, 0.1) is 5.92 Å². The van der Waals surface area contributed by atoms with Gasteiger partial charge in [-0.3, -0.25) is 4.90 Å². The van der Waals surface area contributed by atoms with Gasteiger partial charge in [-0.1, -0.05) is 6.92 Å². The molecule has 2 fully saturated rings. The molecule has 2 rings (SSSR count). The minimum Gasteiger partial charge on any atom is -0.326 e. The summed E-state index contributed by atoms with van der Waals surface area (Å²) >= 11 is 0. The maximum absolute atomic E-state index is 6.05. The fourth-order valence-electron chi connectivity index (χ4n) is 2.77.